The van der Waals surface area contributed by atoms with E-state index >= 15 is 0 Å². The minimum atomic E-state index is -1.55. The average molecular weight is 803 g/mol. The van der Waals surface area contributed by atoms with Gasteiger partial charge in [-0.2, -0.15) is 0 Å². The van der Waals surface area contributed by atoms with E-state index in [1.807, 2.05) is 0 Å². The predicted molar refractivity (Wildman–Crippen MR) is 210 cm³/mol. The highest BCUT2D eigenvalue weighted by atomic mass is 16.4. The highest BCUT2D eigenvalue weighted by Gasteiger charge is 2.54. The number of carbonyl (C=O) groups excluding carboxylic acids is 7. The third-order valence-electron chi connectivity index (χ3n) is 9.91. The van der Waals surface area contributed by atoms with Crippen LogP contribution in [0.5, 0.6) is 0 Å². The first-order valence-electron chi connectivity index (χ1n) is 19.3. The van der Waals surface area contributed by atoms with Crippen LogP contribution in [-0.4, -0.2) is 123 Å². The zero-order chi connectivity index (χ0) is 43.4. The van der Waals surface area contributed by atoms with Crippen LogP contribution in [0.4, 0.5) is 0 Å². The fourth-order valence-electron chi connectivity index (χ4n) is 6.32. The van der Waals surface area contributed by atoms with E-state index in [1.54, 1.807) is 71.9 Å². The molecule has 57 heavy (non-hydrogen) atoms. The molecule has 18 heteroatoms. The number of aliphatic hydroxyl groups is 1. The Bertz CT molecular complexity index is 1600. The lowest BCUT2D eigenvalue weighted by atomic mass is 9.81. The molecule has 1 saturated heterocycles. The van der Waals surface area contributed by atoms with E-state index in [0.717, 1.165) is 5.56 Å². The largest absolute Gasteiger partial charge is 0.480 e. The van der Waals surface area contributed by atoms with Gasteiger partial charge < -0.3 is 53.2 Å². The number of carboxylic acids is 1. The molecule has 9 atom stereocenters. The number of likely N-dealkylation sites (tertiary alicyclic amines) is 1. The fraction of sp³-hybridized carbons (Fsp3) is 0.641. The summed E-state index contributed by atoms with van der Waals surface area (Å²) in [7, 11) is 0. The molecule has 18 nitrogen and oxygen atoms in total. The highest BCUT2D eigenvalue weighted by molar-refractivity contribution is 6.01. The number of hydrogen-bond donors (Lipinski definition) is 9. The van der Waals surface area contributed by atoms with Crippen molar-refractivity contribution >= 4 is 47.2 Å². The number of nitrogens with one attached hydrogen (secondary N) is 5. The van der Waals surface area contributed by atoms with Crippen molar-refractivity contribution in [3.8, 4) is 0 Å². The Balaban J connectivity index is 2.23. The lowest BCUT2D eigenvalue weighted by molar-refractivity contribution is -0.158. The molecule has 11 N–H and O–H groups in total. The molecule has 1 aromatic rings. The van der Waals surface area contributed by atoms with Gasteiger partial charge in [-0.05, 0) is 43.6 Å². The van der Waals surface area contributed by atoms with E-state index < -0.39 is 113 Å². The highest BCUT2D eigenvalue weighted by Crippen LogP contribution is 2.28. The Morgan fingerprint density at radius 1 is 0.807 bits per heavy atom. The van der Waals surface area contributed by atoms with E-state index in [4.69, 9.17) is 11.5 Å². The van der Waals surface area contributed by atoms with Crippen LogP contribution in [0.2, 0.25) is 0 Å². The summed E-state index contributed by atoms with van der Waals surface area (Å²) in [6, 6.07) is 1.60. The van der Waals surface area contributed by atoms with Crippen LogP contribution < -0.4 is 38.1 Å². The molecule has 0 spiro atoms. The normalized spacial score (nSPS) is 19.5. The number of Topliss-reactive ketones (excluding diaryl/α,β-unsaturated/α-hetero) is 1. The quantitative estimate of drug-likeness (QED) is 0.0585. The van der Waals surface area contributed by atoms with Gasteiger partial charge >= 0.3 is 5.97 Å². The third-order valence-corrected chi connectivity index (χ3v) is 9.91. The molecule has 1 unspecified atom stereocenters. The number of nitrogens with zero attached hydrogens (tertiary/aromatic N) is 1. The molecule has 6 amide bonds. The smallest absolute Gasteiger partial charge is 0.326 e. The van der Waals surface area contributed by atoms with Gasteiger partial charge in [0.2, 0.25) is 29.5 Å². The van der Waals surface area contributed by atoms with Gasteiger partial charge in [0.25, 0.3) is 5.91 Å². The van der Waals surface area contributed by atoms with E-state index in [1.165, 1.54) is 18.7 Å². The summed E-state index contributed by atoms with van der Waals surface area (Å²) < 4.78 is 0. The van der Waals surface area contributed by atoms with E-state index in [0.29, 0.717) is 6.42 Å². The fourth-order valence-corrected chi connectivity index (χ4v) is 6.32. The predicted octanol–water partition coefficient (Wildman–Crippen LogP) is -1.29. The average Bonchev–Trinajstić information content (AvgIpc) is 3.13. The SMILES string of the molecule is CC[C@@H](C)[C@@H](NC(=O)CN1CC(Cc2ccccc2)(NC(=O)[C@@H](N)CC(=O)[C@H](C)N)C1=O)C(=O)N[C@@H](CC(C)C)C(=O)N[C@H](C(=O)N[C@H](C(=O)O)C(C)C)[C@@H](C)O. The minimum absolute atomic E-state index is 0.0763. The lowest BCUT2D eigenvalue weighted by Gasteiger charge is -2.49. The Morgan fingerprint density at radius 2 is 1.39 bits per heavy atom. The van der Waals surface area contributed by atoms with Gasteiger partial charge in [0.1, 0.15) is 29.7 Å². The van der Waals surface area contributed by atoms with Crippen LogP contribution in [0, 0.1) is 17.8 Å². The molecule has 0 saturated carbocycles. The summed E-state index contributed by atoms with van der Waals surface area (Å²) in [6.45, 7) is 12.5. The van der Waals surface area contributed by atoms with Crippen LogP contribution >= 0.6 is 0 Å². The van der Waals surface area contributed by atoms with Crippen molar-refractivity contribution in [2.24, 2.45) is 29.2 Å². The van der Waals surface area contributed by atoms with Crippen molar-refractivity contribution in [1.29, 1.82) is 0 Å². The van der Waals surface area contributed by atoms with Crippen molar-refractivity contribution in [2.45, 2.75) is 129 Å². The number of carbonyl (C=O) groups is 8. The van der Waals surface area contributed by atoms with Crippen LogP contribution in [0.15, 0.2) is 30.3 Å². The van der Waals surface area contributed by atoms with Gasteiger partial charge in [0.05, 0.1) is 31.3 Å². The zero-order valence-corrected chi connectivity index (χ0v) is 34.2. The number of hydrogen-bond acceptors (Lipinski definition) is 11. The number of aliphatic hydroxyl groups excluding tert-OH is 1. The van der Waals surface area contributed by atoms with Gasteiger partial charge in [-0.3, -0.25) is 33.6 Å². The van der Waals surface area contributed by atoms with Crippen molar-refractivity contribution < 1.29 is 48.6 Å². The zero-order valence-electron chi connectivity index (χ0n) is 34.2. The van der Waals surface area contributed by atoms with E-state index in [9.17, 15) is 48.6 Å². The molecule has 0 aromatic heterocycles. The number of ketones is 1. The maximum absolute atomic E-state index is 13.8. The van der Waals surface area contributed by atoms with Crippen LogP contribution in [0.1, 0.15) is 80.2 Å². The maximum atomic E-state index is 13.8. The Morgan fingerprint density at radius 3 is 1.88 bits per heavy atom. The van der Waals surface area contributed by atoms with Crippen LogP contribution in [0.25, 0.3) is 0 Å². The first kappa shape index (κ1) is 48.2. The summed E-state index contributed by atoms with van der Waals surface area (Å²) in [5.74, 6) is -7.22. The first-order chi connectivity index (χ1) is 26.5. The monoisotopic (exact) mass is 802 g/mol. The van der Waals surface area contributed by atoms with Gasteiger partial charge in [0, 0.05) is 12.8 Å². The number of carboxylic acid groups (broad SMARTS) is 1. The molecule has 1 aromatic carbocycles. The second-order valence-electron chi connectivity index (χ2n) is 15.9. The summed E-state index contributed by atoms with van der Waals surface area (Å²) in [5, 5.41) is 32.7. The number of rotatable bonds is 23. The summed E-state index contributed by atoms with van der Waals surface area (Å²) in [6.07, 6.45) is -1.13. The molecular formula is C39H62N8O10. The number of amides is 6. The number of nitrogens with two attached hydrogens (primary N) is 2. The molecule has 2 rings (SSSR count). The molecule has 1 aliphatic heterocycles. The molecule has 1 aliphatic rings. The topological polar surface area (TPSA) is 292 Å². The van der Waals surface area contributed by atoms with Crippen LogP contribution in [0.3, 0.4) is 0 Å². The van der Waals surface area contributed by atoms with Crippen molar-refractivity contribution in [3.63, 3.8) is 0 Å². The molecular weight excluding hydrogens is 740 g/mol. The van der Waals surface area contributed by atoms with E-state index in [-0.39, 0.29) is 31.7 Å². The minimum Gasteiger partial charge on any atom is -0.480 e. The Labute approximate surface area is 334 Å². The van der Waals surface area contributed by atoms with Gasteiger partial charge in [-0.1, -0.05) is 78.3 Å². The Kier molecular flexibility index (Phi) is 18.2. The number of β-lactam (4-membered cyclic amide) rings is 1. The third kappa shape index (κ3) is 13.9. The molecule has 1 fully saturated rings. The maximum Gasteiger partial charge on any atom is 0.326 e. The van der Waals surface area contributed by atoms with Crippen LogP contribution in [-0.2, 0) is 44.8 Å². The van der Waals surface area contributed by atoms with Gasteiger partial charge in [-0.25, -0.2) is 4.79 Å². The summed E-state index contributed by atoms with van der Waals surface area (Å²) >= 11 is 0. The molecule has 318 valence electrons. The first-order valence-corrected chi connectivity index (χ1v) is 19.3. The second kappa shape index (κ2) is 21.5. The second-order valence-corrected chi connectivity index (χ2v) is 15.9. The van der Waals surface area contributed by atoms with Crippen molar-refractivity contribution in [1.82, 2.24) is 31.5 Å². The summed E-state index contributed by atoms with van der Waals surface area (Å²) in [4.78, 5) is 106. The number of aliphatic carboxylic acids is 1. The lowest BCUT2D eigenvalue weighted by Crippen LogP contribution is -2.77. The van der Waals surface area contributed by atoms with Crippen molar-refractivity contribution in [2.75, 3.05) is 13.1 Å². The van der Waals surface area contributed by atoms with Gasteiger partial charge in [0.15, 0.2) is 5.78 Å². The molecule has 0 bridgehead atoms. The molecule has 0 radical (unpaired) electrons. The number of benzene rings is 1. The molecule has 0 aliphatic carbocycles. The standard InChI is InChI=1S/C39H62N8O10/c1-9-22(6)31(35(53)42-27(15-20(2)3)34(52)45-32(24(8)48)36(54)44-30(21(4)5)37(55)56)43-29(50)18-47-19-39(38(47)57,17-25-13-11-10-12-14-25)46-33(51)26(41)16-28(49)23(7)40/h10-14,20-24,26-27,30-32,48H,9,15-19,40-41H2,1-8H3,(H,42,53)(H,43,50)(H,44,54)(H,45,52)(H,46,51)(H,55,56)/t22-,23+,24-,26+,27+,30+,31-,32+,39?/m1/s1. The summed E-state index contributed by atoms with van der Waals surface area (Å²) in [5.41, 5.74) is 10.9. The molecule has 1 heterocycles. The Hall–Kier alpha value is -4.94. The van der Waals surface area contributed by atoms with E-state index in [2.05, 4.69) is 26.6 Å². The van der Waals surface area contributed by atoms with Gasteiger partial charge in [-0.15, -0.1) is 0 Å². The van der Waals surface area contributed by atoms with Crippen molar-refractivity contribution in [3.05, 3.63) is 35.9 Å².